The second-order valence-corrected chi connectivity index (χ2v) is 5.52. The van der Waals surface area contributed by atoms with Crippen molar-refractivity contribution in [2.75, 3.05) is 14.2 Å². The maximum Gasteiger partial charge on any atom is 0.161 e. The Balaban J connectivity index is 2.99. The number of benzene rings is 1. The Bertz CT molecular complexity index is 403. The average molecular weight is 331 g/mol. The Morgan fingerprint density at radius 2 is 1.63 bits per heavy atom. The summed E-state index contributed by atoms with van der Waals surface area (Å²) in [5.74, 6) is 1.84. The van der Waals surface area contributed by atoms with Crippen LogP contribution >= 0.6 is 15.9 Å². The number of aliphatic hydroxyl groups excluding tert-OH is 1. The van der Waals surface area contributed by atoms with E-state index in [9.17, 15) is 5.11 Å². The predicted molar refractivity (Wildman–Crippen MR) is 80.9 cm³/mol. The maximum absolute atomic E-state index is 10.4. The van der Waals surface area contributed by atoms with E-state index in [1.54, 1.807) is 14.2 Å². The van der Waals surface area contributed by atoms with Gasteiger partial charge < -0.3 is 14.6 Å². The lowest BCUT2D eigenvalue weighted by atomic mass is 9.93. The van der Waals surface area contributed by atoms with Gasteiger partial charge in [-0.1, -0.05) is 42.6 Å². The minimum absolute atomic E-state index is 0.487. The standard InChI is InChI=1S/C15H23BrO3/c1-5-10(6-2)7-13(17)11-8-14(18-3)15(19-4)9-12(11)16/h8-10,13,17H,5-7H2,1-4H3. The summed E-state index contributed by atoms with van der Waals surface area (Å²) >= 11 is 3.49. The Hall–Kier alpha value is -0.740. The number of aliphatic hydroxyl groups is 1. The molecule has 3 nitrogen and oxygen atoms in total. The van der Waals surface area contributed by atoms with Crippen LogP contribution in [0.25, 0.3) is 0 Å². The second kappa shape index (κ2) is 7.75. The third-order valence-electron chi connectivity index (χ3n) is 3.57. The van der Waals surface area contributed by atoms with E-state index in [0.717, 1.165) is 29.3 Å². The monoisotopic (exact) mass is 330 g/mol. The van der Waals surface area contributed by atoms with Crippen LogP contribution < -0.4 is 9.47 Å². The first kappa shape index (κ1) is 16.3. The summed E-state index contributed by atoms with van der Waals surface area (Å²) in [6.45, 7) is 4.31. The van der Waals surface area contributed by atoms with Crippen LogP contribution in [0, 0.1) is 5.92 Å². The van der Waals surface area contributed by atoms with Crippen molar-refractivity contribution in [1.82, 2.24) is 0 Å². The molecule has 1 N–H and O–H groups in total. The normalized spacial score (nSPS) is 12.6. The number of hydrogen-bond acceptors (Lipinski definition) is 3. The Kier molecular flexibility index (Phi) is 6.66. The van der Waals surface area contributed by atoms with E-state index in [2.05, 4.69) is 29.8 Å². The molecule has 0 spiro atoms. The largest absolute Gasteiger partial charge is 0.493 e. The Labute approximate surface area is 124 Å². The second-order valence-electron chi connectivity index (χ2n) is 4.66. The molecule has 108 valence electrons. The molecule has 1 atom stereocenters. The first-order chi connectivity index (χ1) is 9.07. The molecule has 0 bridgehead atoms. The van der Waals surface area contributed by atoms with Gasteiger partial charge in [-0.3, -0.25) is 0 Å². The van der Waals surface area contributed by atoms with Gasteiger partial charge in [0.15, 0.2) is 11.5 Å². The summed E-state index contributed by atoms with van der Waals surface area (Å²) in [4.78, 5) is 0. The van der Waals surface area contributed by atoms with Crippen LogP contribution in [0.5, 0.6) is 11.5 Å². The molecule has 19 heavy (non-hydrogen) atoms. The van der Waals surface area contributed by atoms with Gasteiger partial charge in [0.05, 0.1) is 20.3 Å². The van der Waals surface area contributed by atoms with Gasteiger partial charge in [0.25, 0.3) is 0 Å². The summed E-state index contributed by atoms with van der Waals surface area (Å²) in [5.41, 5.74) is 0.851. The quantitative estimate of drug-likeness (QED) is 0.808. The lowest BCUT2D eigenvalue weighted by Gasteiger charge is -2.20. The Morgan fingerprint density at radius 1 is 1.11 bits per heavy atom. The van der Waals surface area contributed by atoms with Gasteiger partial charge in [0, 0.05) is 4.47 Å². The van der Waals surface area contributed by atoms with Crippen LogP contribution in [0.2, 0.25) is 0 Å². The van der Waals surface area contributed by atoms with E-state index in [4.69, 9.17) is 9.47 Å². The summed E-state index contributed by atoms with van der Waals surface area (Å²) in [6, 6.07) is 3.68. The highest BCUT2D eigenvalue weighted by Crippen LogP contribution is 2.38. The summed E-state index contributed by atoms with van der Waals surface area (Å²) in [5, 5.41) is 10.4. The fourth-order valence-corrected chi connectivity index (χ4v) is 2.78. The lowest BCUT2D eigenvalue weighted by molar-refractivity contribution is 0.140. The molecular formula is C15H23BrO3. The number of hydrogen-bond donors (Lipinski definition) is 1. The first-order valence-electron chi connectivity index (χ1n) is 6.66. The zero-order chi connectivity index (χ0) is 14.4. The average Bonchev–Trinajstić information content (AvgIpc) is 2.43. The SMILES string of the molecule is CCC(CC)CC(O)c1cc(OC)c(OC)cc1Br. The van der Waals surface area contributed by atoms with Crippen LogP contribution in [0.4, 0.5) is 0 Å². The summed E-state index contributed by atoms with van der Waals surface area (Å²) < 4.78 is 11.4. The van der Waals surface area contributed by atoms with Crippen molar-refractivity contribution in [3.05, 3.63) is 22.2 Å². The minimum atomic E-state index is -0.487. The fourth-order valence-electron chi connectivity index (χ4n) is 2.19. The van der Waals surface area contributed by atoms with Crippen molar-refractivity contribution >= 4 is 15.9 Å². The van der Waals surface area contributed by atoms with E-state index in [1.165, 1.54) is 0 Å². The number of methoxy groups -OCH3 is 2. The van der Waals surface area contributed by atoms with Gasteiger partial charge in [-0.05, 0) is 30.0 Å². The highest BCUT2D eigenvalue weighted by atomic mass is 79.9. The van der Waals surface area contributed by atoms with Gasteiger partial charge in [0.2, 0.25) is 0 Å². The molecular weight excluding hydrogens is 308 g/mol. The molecule has 0 saturated carbocycles. The van der Waals surface area contributed by atoms with E-state index < -0.39 is 6.10 Å². The summed E-state index contributed by atoms with van der Waals surface area (Å²) in [7, 11) is 3.20. The molecule has 0 aliphatic heterocycles. The van der Waals surface area contributed by atoms with Crippen LogP contribution in [0.1, 0.15) is 44.8 Å². The van der Waals surface area contributed by atoms with Crippen molar-refractivity contribution < 1.29 is 14.6 Å². The van der Waals surface area contributed by atoms with Gasteiger partial charge >= 0.3 is 0 Å². The van der Waals surface area contributed by atoms with Crippen LogP contribution in [0.3, 0.4) is 0 Å². The molecule has 0 heterocycles. The third kappa shape index (κ3) is 4.11. The maximum atomic E-state index is 10.4. The number of halogens is 1. The van der Waals surface area contributed by atoms with E-state index in [-0.39, 0.29) is 0 Å². The highest BCUT2D eigenvalue weighted by Gasteiger charge is 2.18. The first-order valence-corrected chi connectivity index (χ1v) is 7.46. The molecule has 1 aromatic rings. The van der Waals surface area contributed by atoms with Gasteiger partial charge in [-0.15, -0.1) is 0 Å². The predicted octanol–water partition coefficient (Wildman–Crippen LogP) is 4.33. The van der Waals surface area contributed by atoms with Crippen LogP contribution in [0.15, 0.2) is 16.6 Å². The molecule has 1 unspecified atom stereocenters. The van der Waals surface area contributed by atoms with Crippen molar-refractivity contribution in [3.63, 3.8) is 0 Å². The fraction of sp³-hybridized carbons (Fsp3) is 0.600. The molecule has 4 heteroatoms. The minimum Gasteiger partial charge on any atom is -0.493 e. The molecule has 0 amide bonds. The number of ether oxygens (including phenoxy) is 2. The van der Waals surface area contributed by atoms with Crippen molar-refractivity contribution in [2.24, 2.45) is 5.92 Å². The third-order valence-corrected chi connectivity index (χ3v) is 4.26. The molecule has 0 aromatic heterocycles. The topological polar surface area (TPSA) is 38.7 Å². The molecule has 0 aliphatic carbocycles. The van der Waals surface area contributed by atoms with Crippen molar-refractivity contribution in [2.45, 2.75) is 39.2 Å². The van der Waals surface area contributed by atoms with Gasteiger partial charge in [0.1, 0.15) is 0 Å². The summed E-state index contributed by atoms with van der Waals surface area (Å²) in [6.07, 6.45) is 2.44. The van der Waals surface area contributed by atoms with Crippen molar-refractivity contribution in [1.29, 1.82) is 0 Å². The zero-order valence-electron chi connectivity index (χ0n) is 12.1. The molecule has 0 fully saturated rings. The van der Waals surface area contributed by atoms with Crippen molar-refractivity contribution in [3.8, 4) is 11.5 Å². The van der Waals surface area contributed by atoms with Gasteiger partial charge in [-0.2, -0.15) is 0 Å². The molecule has 0 radical (unpaired) electrons. The molecule has 0 aliphatic rings. The zero-order valence-corrected chi connectivity index (χ0v) is 13.7. The van der Waals surface area contributed by atoms with Crippen LogP contribution in [-0.2, 0) is 0 Å². The van der Waals surface area contributed by atoms with Crippen LogP contribution in [-0.4, -0.2) is 19.3 Å². The molecule has 1 aromatic carbocycles. The Morgan fingerprint density at radius 3 is 2.11 bits per heavy atom. The van der Waals surface area contributed by atoms with E-state index in [1.807, 2.05) is 12.1 Å². The number of rotatable bonds is 7. The molecule has 0 saturated heterocycles. The smallest absolute Gasteiger partial charge is 0.161 e. The highest BCUT2D eigenvalue weighted by molar-refractivity contribution is 9.10. The van der Waals surface area contributed by atoms with E-state index >= 15 is 0 Å². The lowest BCUT2D eigenvalue weighted by Crippen LogP contribution is -2.07. The van der Waals surface area contributed by atoms with Gasteiger partial charge in [-0.25, -0.2) is 0 Å². The molecule has 1 rings (SSSR count). The van der Waals surface area contributed by atoms with E-state index in [0.29, 0.717) is 17.4 Å².